The lowest BCUT2D eigenvalue weighted by molar-refractivity contribution is -0.145. The molecular weight excluding hydrogens is 444 g/mol. The van der Waals surface area contributed by atoms with E-state index in [4.69, 9.17) is 23.6 Å². The normalized spacial score (nSPS) is 12.6. The molecule has 0 saturated heterocycles. The quantitative estimate of drug-likeness (QED) is 0.355. The van der Waals surface area contributed by atoms with Crippen molar-refractivity contribution in [1.29, 1.82) is 0 Å². The molecule has 10 nitrogen and oxygen atoms in total. The fraction of sp³-hybridized carbons (Fsp3) is 0.625. The Kier molecular flexibility index (Phi) is 12.8. The van der Waals surface area contributed by atoms with E-state index < -0.39 is 11.8 Å². The number of methoxy groups -OCH3 is 2. The molecule has 0 spiro atoms. The summed E-state index contributed by atoms with van der Waals surface area (Å²) in [5.41, 5.74) is 1.44. The van der Waals surface area contributed by atoms with Crippen LogP contribution in [-0.4, -0.2) is 54.5 Å². The Morgan fingerprint density at radius 3 is 1.71 bits per heavy atom. The Labute approximate surface area is 199 Å². The van der Waals surface area contributed by atoms with Crippen LogP contribution in [0.5, 0.6) is 0 Å². The van der Waals surface area contributed by atoms with Crippen LogP contribution in [0, 0.1) is 11.8 Å². The van der Waals surface area contributed by atoms with E-state index in [0.717, 1.165) is 12.0 Å². The Morgan fingerprint density at radius 2 is 1.35 bits per heavy atom. The third-order valence-electron chi connectivity index (χ3n) is 5.12. The van der Waals surface area contributed by atoms with Crippen LogP contribution in [0.3, 0.4) is 0 Å². The second-order valence-electron chi connectivity index (χ2n) is 8.46. The van der Waals surface area contributed by atoms with E-state index >= 15 is 0 Å². The first-order valence-corrected chi connectivity index (χ1v) is 11.3. The molecule has 0 aromatic carbocycles. The van der Waals surface area contributed by atoms with Gasteiger partial charge in [-0.25, -0.2) is 0 Å². The number of aryl methyl sites for hydroxylation is 2. The molecule has 34 heavy (non-hydrogen) atoms. The van der Waals surface area contributed by atoms with Gasteiger partial charge in [0.1, 0.15) is 18.1 Å². The number of aromatic nitrogens is 2. The molecule has 0 amide bonds. The van der Waals surface area contributed by atoms with E-state index in [2.05, 4.69) is 10.3 Å². The van der Waals surface area contributed by atoms with Crippen molar-refractivity contribution in [3.63, 3.8) is 0 Å². The van der Waals surface area contributed by atoms with Gasteiger partial charge in [0.2, 0.25) is 0 Å². The number of aliphatic hydroxyl groups excluding tert-OH is 1. The molecule has 2 aromatic heterocycles. The van der Waals surface area contributed by atoms with Crippen molar-refractivity contribution in [3.8, 4) is 0 Å². The highest BCUT2D eigenvalue weighted by Gasteiger charge is 2.30. The monoisotopic (exact) mass is 480 g/mol. The third kappa shape index (κ3) is 8.74. The van der Waals surface area contributed by atoms with Crippen LogP contribution in [0.2, 0.25) is 0 Å². The largest absolute Gasteiger partial charge is 0.468 e. The van der Waals surface area contributed by atoms with Crippen LogP contribution < -0.4 is 0 Å². The molecule has 1 N–H and O–H groups in total. The van der Waals surface area contributed by atoms with Crippen LogP contribution in [0.4, 0.5) is 0 Å². The van der Waals surface area contributed by atoms with Crippen molar-refractivity contribution in [3.05, 3.63) is 35.0 Å². The van der Waals surface area contributed by atoms with E-state index in [1.54, 1.807) is 12.1 Å². The number of ether oxygens (including phenoxy) is 2. The first kappa shape index (κ1) is 29.0. The molecule has 2 aromatic rings. The van der Waals surface area contributed by atoms with Gasteiger partial charge in [0.15, 0.2) is 11.5 Å². The predicted molar refractivity (Wildman–Crippen MR) is 122 cm³/mol. The van der Waals surface area contributed by atoms with Gasteiger partial charge in [0.05, 0.1) is 25.6 Å². The number of esters is 2. The molecule has 0 saturated carbocycles. The Bertz CT molecular complexity index is 887. The van der Waals surface area contributed by atoms with Crippen LogP contribution in [0.25, 0.3) is 0 Å². The lowest BCUT2D eigenvalue weighted by Crippen LogP contribution is -2.19. The lowest BCUT2D eigenvalue weighted by atomic mass is 9.93. The van der Waals surface area contributed by atoms with Gasteiger partial charge in [-0.3, -0.25) is 9.59 Å². The van der Waals surface area contributed by atoms with Gasteiger partial charge in [-0.1, -0.05) is 38.0 Å². The maximum Gasteiger partial charge on any atom is 0.316 e. The topological polar surface area (TPSA) is 142 Å². The molecule has 0 radical (unpaired) electrons. The molecule has 0 fully saturated rings. The number of rotatable bonds is 12. The average molecular weight is 481 g/mol. The van der Waals surface area contributed by atoms with Crippen LogP contribution >= 0.6 is 0 Å². The van der Waals surface area contributed by atoms with Gasteiger partial charge in [0.25, 0.3) is 0 Å². The van der Waals surface area contributed by atoms with E-state index in [-0.39, 0.29) is 30.4 Å². The van der Waals surface area contributed by atoms with Gasteiger partial charge < -0.3 is 28.4 Å². The molecule has 2 atom stereocenters. The van der Waals surface area contributed by atoms with E-state index in [0.29, 0.717) is 42.9 Å². The highest BCUT2D eigenvalue weighted by atomic mass is 16.5. The summed E-state index contributed by atoms with van der Waals surface area (Å²) in [6.07, 6.45) is 3.03. The molecule has 0 aliphatic heterocycles. The Morgan fingerprint density at radius 1 is 0.912 bits per heavy atom. The molecule has 0 bridgehead atoms. The molecule has 2 rings (SSSR count). The number of aldehydes is 1. The van der Waals surface area contributed by atoms with Gasteiger partial charge in [-0.15, -0.1) is 0 Å². The number of hydrogen-bond acceptors (Lipinski definition) is 10. The first-order chi connectivity index (χ1) is 16.2. The standard InChI is InChI=1S/C12H19NO4.C12H17NO4/c2*1-8(2)11(12(15)16-3)10-7-9(13-17-10)5-4-6-14/h7-8,11,14H,4-6H2,1-3H3;6-8,11H,4-5H2,1-3H3. The highest BCUT2D eigenvalue weighted by Crippen LogP contribution is 2.27. The second-order valence-corrected chi connectivity index (χ2v) is 8.46. The van der Waals surface area contributed by atoms with E-state index in [1.165, 1.54) is 14.2 Å². The van der Waals surface area contributed by atoms with E-state index in [9.17, 15) is 14.4 Å². The summed E-state index contributed by atoms with van der Waals surface area (Å²) >= 11 is 0. The number of aliphatic hydroxyl groups is 1. The molecular formula is C24H36N2O8. The Hall–Kier alpha value is -3.01. The van der Waals surface area contributed by atoms with Crippen molar-refractivity contribution >= 4 is 18.2 Å². The van der Waals surface area contributed by atoms with Crippen LogP contribution in [0.1, 0.15) is 75.3 Å². The summed E-state index contributed by atoms with van der Waals surface area (Å²) in [5, 5.41) is 16.4. The smallest absolute Gasteiger partial charge is 0.316 e. The number of carbonyl (C=O) groups excluding carboxylic acids is 3. The minimum Gasteiger partial charge on any atom is -0.468 e. The summed E-state index contributed by atoms with van der Waals surface area (Å²) in [4.78, 5) is 33.5. The Balaban J connectivity index is 0.000000340. The second kappa shape index (κ2) is 15.0. The van der Waals surface area contributed by atoms with Gasteiger partial charge in [-0.05, 0) is 31.1 Å². The predicted octanol–water partition coefficient (Wildman–Crippen LogP) is 3.23. The van der Waals surface area contributed by atoms with Gasteiger partial charge >= 0.3 is 11.9 Å². The summed E-state index contributed by atoms with van der Waals surface area (Å²) in [6.45, 7) is 7.80. The lowest BCUT2D eigenvalue weighted by Gasteiger charge is -2.14. The van der Waals surface area contributed by atoms with Crippen molar-refractivity contribution in [1.82, 2.24) is 10.3 Å². The number of carbonyl (C=O) groups is 3. The van der Waals surface area contributed by atoms with Gasteiger partial charge in [-0.2, -0.15) is 0 Å². The molecule has 2 heterocycles. The van der Waals surface area contributed by atoms with Crippen LogP contribution in [0.15, 0.2) is 21.2 Å². The van der Waals surface area contributed by atoms with Gasteiger partial charge in [0, 0.05) is 25.2 Å². The molecule has 10 heteroatoms. The van der Waals surface area contributed by atoms with E-state index in [1.807, 2.05) is 27.7 Å². The molecule has 2 unspecified atom stereocenters. The maximum absolute atomic E-state index is 11.6. The average Bonchev–Trinajstić information content (AvgIpc) is 3.46. The van der Waals surface area contributed by atoms with Crippen LogP contribution in [-0.2, 0) is 36.7 Å². The summed E-state index contributed by atoms with van der Waals surface area (Å²) in [7, 11) is 2.71. The maximum atomic E-state index is 11.6. The zero-order valence-electron chi connectivity index (χ0n) is 20.8. The van der Waals surface area contributed by atoms with Crippen molar-refractivity contribution in [2.75, 3.05) is 20.8 Å². The molecule has 190 valence electrons. The molecule has 0 aliphatic carbocycles. The van der Waals surface area contributed by atoms with Crippen molar-refractivity contribution < 1.29 is 38.0 Å². The fourth-order valence-corrected chi connectivity index (χ4v) is 3.34. The minimum absolute atomic E-state index is 0.0642. The molecule has 0 aliphatic rings. The fourth-order valence-electron chi connectivity index (χ4n) is 3.34. The van der Waals surface area contributed by atoms with Crippen molar-refractivity contribution in [2.45, 2.75) is 65.2 Å². The summed E-state index contributed by atoms with van der Waals surface area (Å²) < 4.78 is 19.8. The number of nitrogens with zero attached hydrogens (tertiary/aromatic N) is 2. The summed E-state index contributed by atoms with van der Waals surface area (Å²) in [6, 6.07) is 3.47. The number of hydrogen-bond donors (Lipinski definition) is 1. The minimum atomic E-state index is -0.447. The summed E-state index contributed by atoms with van der Waals surface area (Å²) in [5.74, 6) is -0.348. The van der Waals surface area contributed by atoms with Crippen molar-refractivity contribution in [2.24, 2.45) is 11.8 Å². The zero-order chi connectivity index (χ0) is 25.7. The SMILES string of the molecule is COC(=O)C(c1cc(CCC=O)no1)C(C)C.COC(=O)C(c1cc(CCCO)no1)C(C)C. The first-order valence-electron chi connectivity index (χ1n) is 11.3. The third-order valence-corrected chi connectivity index (χ3v) is 5.12. The highest BCUT2D eigenvalue weighted by molar-refractivity contribution is 5.78. The zero-order valence-corrected chi connectivity index (χ0v) is 20.8.